The summed E-state index contributed by atoms with van der Waals surface area (Å²) in [6, 6.07) is 20.9. The molecular weight excluding hydrogens is 418 g/mol. The molecule has 0 atom stereocenters. The van der Waals surface area contributed by atoms with Gasteiger partial charge >= 0.3 is 161 Å². The fourth-order valence-electron chi connectivity index (χ4n) is 3.26. The minimum atomic E-state index is -4.77. The maximum absolute atomic E-state index is 13.7. The summed E-state index contributed by atoms with van der Waals surface area (Å²) >= 11 is -0.960. The van der Waals surface area contributed by atoms with E-state index >= 15 is 0 Å². The second-order valence-corrected chi connectivity index (χ2v) is 8.31. The molecule has 136 valence electrons. The van der Waals surface area contributed by atoms with Crippen molar-refractivity contribution in [2.45, 2.75) is 12.7 Å². The van der Waals surface area contributed by atoms with Crippen molar-refractivity contribution in [3.63, 3.8) is 0 Å². The van der Waals surface area contributed by atoms with Crippen LogP contribution < -0.4 is 9.36 Å². The molecule has 0 saturated carbocycles. The second-order valence-electron chi connectivity index (χ2n) is 6.16. The van der Waals surface area contributed by atoms with Gasteiger partial charge in [0.2, 0.25) is 0 Å². The van der Waals surface area contributed by atoms with Crippen molar-refractivity contribution >= 4 is 29.9 Å². The molecule has 0 aromatic heterocycles. The number of halogens is 3. The Balaban J connectivity index is 1.68. The van der Waals surface area contributed by atoms with Gasteiger partial charge in [-0.15, -0.1) is 0 Å². The molecule has 1 aliphatic rings. The molecular formula is C21H14F3NOSe. The van der Waals surface area contributed by atoms with E-state index < -0.39 is 26.1 Å². The minimum absolute atomic E-state index is 0.0245. The van der Waals surface area contributed by atoms with Crippen LogP contribution in [0.4, 0.5) is 23.7 Å². The van der Waals surface area contributed by atoms with E-state index in [-0.39, 0.29) is 10.6 Å². The van der Waals surface area contributed by atoms with Crippen molar-refractivity contribution in [1.82, 2.24) is 0 Å². The van der Waals surface area contributed by atoms with Gasteiger partial charge in [0.05, 0.1) is 0 Å². The summed E-state index contributed by atoms with van der Waals surface area (Å²) in [7, 11) is 0. The number of rotatable bonds is 3. The van der Waals surface area contributed by atoms with Gasteiger partial charge in [-0.25, -0.2) is 0 Å². The van der Waals surface area contributed by atoms with Crippen molar-refractivity contribution in [3.8, 4) is 11.1 Å². The molecule has 0 saturated heterocycles. The maximum atomic E-state index is 13.7. The van der Waals surface area contributed by atoms with E-state index in [1.165, 1.54) is 12.1 Å². The van der Waals surface area contributed by atoms with E-state index in [0.29, 0.717) is 10.9 Å². The van der Waals surface area contributed by atoms with Gasteiger partial charge in [-0.2, -0.15) is 0 Å². The van der Waals surface area contributed by atoms with E-state index in [9.17, 15) is 18.0 Å². The van der Waals surface area contributed by atoms with Gasteiger partial charge in [0.1, 0.15) is 0 Å². The molecule has 0 fully saturated rings. The molecule has 1 amide bonds. The van der Waals surface area contributed by atoms with Crippen molar-refractivity contribution < 1.29 is 18.0 Å². The number of nitrogens with zero attached hydrogens (tertiary/aromatic N) is 1. The van der Waals surface area contributed by atoms with Crippen LogP contribution >= 0.6 is 0 Å². The average Bonchev–Trinajstić information content (AvgIpc) is 2.99. The van der Waals surface area contributed by atoms with E-state index in [1.54, 1.807) is 36.4 Å². The summed E-state index contributed by atoms with van der Waals surface area (Å²) < 4.78 is 41.7. The van der Waals surface area contributed by atoms with Crippen LogP contribution in [0.2, 0.25) is 0 Å². The van der Waals surface area contributed by atoms with Gasteiger partial charge in [-0.3, -0.25) is 0 Å². The number of benzene rings is 3. The summed E-state index contributed by atoms with van der Waals surface area (Å²) in [5, 5.41) is 0. The molecule has 3 aromatic carbocycles. The molecule has 0 radical (unpaired) electrons. The van der Waals surface area contributed by atoms with Crippen molar-refractivity contribution in [3.05, 3.63) is 83.9 Å². The normalized spacial score (nSPS) is 12.4. The Bertz CT molecular complexity index is 1000. The number of hydrogen-bond acceptors (Lipinski definition) is 1. The molecule has 6 heteroatoms. The van der Waals surface area contributed by atoms with E-state index in [4.69, 9.17) is 0 Å². The Labute approximate surface area is 160 Å². The Hall–Kier alpha value is -2.56. The van der Waals surface area contributed by atoms with Crippen LogP contribution in [-0.4, -0.2) is 26.1 Å². The first kappa shape index (κ1) is 17.8. The third-order valence-corrected chi connectivity index (χ3v) is 6.23. The molecule has 0 bridgehead atoms. The summed E-state index contributed by atoms with van der Waals surface area (Å²) in [5.74, 6) is 0. The fraction of sp³-hybridized carbons (Fsp3) is 0.0952. The number of alkyl halides is 3. The number of fused-ring (bicyclic) bond motifs is 3. The van der Waals surface area contributed by atoms with Crippen LogP contribution in [0.3, 0.4) is 0 Å². The van der Waals surface area contributed by atoms with Crippen molar-refractivity contribution in [1.29, 1.82) is 0 Å². The average molecular weight is 432 g/mol. The van der Waals surface area contributed by atoms with Crippen molar-refractivity contribution in [2.24, 2.45) is 0 Å². The molecule has 1 aliphatic carbocycles. The molecule has 4 rings (SSSR count). The predicted molar refractivity (Wildman–Crippen MR) is 100 cm³/mol. The molecule has 0 spiro atoms. The summed E-state index contributed by atoms with van der Waals surface area (Å²) in [4.78, 5) is 11.6. The Morgan fingerprint density at radius 3 is 2.26 bits per heavy atom. The first-order valence-corrected chi connectivity index (χ1v) is 10.00. The SMILES string of the molecule is O=C([Se]c1ccccc1)N(c1ccc2c(c1)Cc1ccccc1-2)C(F)(F)F. The van der Waals surface area contributed by atoms with Crippen LogP contribution in [-0.2, 0) is 6.42 Å². The first-order valence-electron chi connectivity index (χ1n) is 8.28. The molecule has 27 heavy (non-hydrogen) atoms. The second kappa shape index (κ2) is 6.87. The summed E-state index contributed by atoms with van der Waals surface area (Å²) in [5.41, 5.74) is 3.73. The van der Waals surface area contributed by atoms with Crippen LogP contribution in [0.15, 0.2) is 72.8 Å². The zero-order chi connectivity index (χ0) is 19.0. The van der Waals surface area contributed by atoms with Crippen LogP contribution in [0.1, 0.15) is 11.1 Å². The molecule has 0 N–H and O–H groups in total. The van der Waals surface area contributed by atoms with Gasteiger partial charge in [0.15, 0.2) is 0 Å². The van der Waals surface area contributed by atoms with E-state index in [1.807, 2.05) is 24.3 Å². The van der Waals surface area contributed by atoms with Gasteiger partial charge in [0.25, 0.3) is 0 Å². The van der Waals surface area contributed by atoms with E-state index in [0.717, 1.165) is 22.3 Å². The Morgan fingerprint density at radius 2 is 1.52 bits per heavy atom. The molecule has 3 aromatic rings. The van der Waals surface area contributed by atoms with Gasteiger partial charge < -0.3 is 0 Å². The molecule has 0 heterocycles. The third kappa shape index (κ3) is 3.51. The number of carbonyl (C=O) groups excluding carboxylic acids is 1. The Morgan fingerprint density at radius 1 is 0.852 bits per heavy atom. The third-order valence-electron chi connectivity index (χ3n) is 4.42. The number of hydrogen-bond donors (Lipinski definition) is 0. The van der Waals surface area contributed by atoms with Crippen molar-refractivity contribution in [2.75, 3.05) is 4.90 Å². The molecule has 0 aliphatic heterocycles. The Kier molecular flexibility index (Phi) is 4.54. The predicted octanol–water partition coefficient (Wildman–Crippen LogP) is 4.73. The van der Waals surface area contributed by atoms with Crippen LogP contribution in [0.5, 0.6) is 0 Å². The van der Waals surface area contributed by atoms with Crippen LogP contribution in [0.25, 0.3) is 11.1 Å². The van der Waals surface area contributed by atoms with E-state index in [2.05, 4.69) is 0 Å². The topological polar surface area (TPSA) is 20.3 Å². The van der Waals surface area contributed by atoms with Crippen LogP contribution in [0, 0.1) is 0 Å². The summed E-state index contributed by atoms with van der Waals surface area (Å²) in [6.45, 7) is 0. The zero-order valence-corrected chi connectivity index (χ0v) is 15.7. The molecule has 2 nitrogen and oxygen atoms in total. The standard InChI is InChI=1S/C21H14F3NOSe/c22-21(23,24)25(20(26)27-17-7-2-1-3-8-17)16-10-11-19-15(13-16)12-14-6-4-5-9-18(14)19/h1-11,13H,12H2. The number of anilines is 1. The zero-order valence-electron chi connectivity index (χ0n) is 14.0. The quantitative estimate of drug-likeness (QED) is 0.339. The first-order chi connectivity index (χ1) is 12.9. The van der Waals surface area contributed by atoms with Gasteiger partial charge in [0, 0.05) is 0 Å². The molecule has 0 unspecified atom stereocenters. The number of carbonyl (C=O) groups is 1. The monoisotopic (exact) mass is 433 g/mol. The summed E-state index contributed by atoms with van der Waals surface area (Å²) in [6.07, 6.45) is -4.20. The van der Waals surface area contributed by atoms with Gasteiger partial charge in [-0.05, 0) is 0 Å². The number of amides is 1. The van der Waals surface area contributed by atoms with Gasteiger partial charge in [-0.1, -0.05) is 0 Å². The fourth-order valence-corrected chi connectivity index (χ4v) is 4.93.